The molecule has 50 valence electrons. The van der Waals surface area contributed by atoms with Crippen LogP contribution in [-0.2, 0) is 0 Å². The van der Waals surface area contributed by atoms with Crippen molar-refractivity contribution >= 4 is 35.6 Å². The molecule has 0 spiro atoms. The summed E-state index contributed by atoms with van der Waals surface area (Å²) >= 11 is 15.9. The molecule has 0 aliphatic heterocycles. The lowest BCUT2D eigenvalue weighted by Gasteiger charge is -1.85. The number of aromatic nitrogens is 2. The second-order valence-electron chi connectivity index (χ2n) is 1.63. The summed E-state index contributed by atoms with van der Waals surface area (Å²) in [7, 11) is 0. The first kappa shape index (κ1) is 7.12. The fourth-order valence-electron chi connectivity index (χ4n) is 0.497. The van der Waals surface area contributed by atoms with Crippen LogP contribution < -0.4 is 0 Å². The summed E-state index contributed by atoms with van der Waals surface area (Å²) in [5, 5.41) is 0.446. The quantitative estimate of drug-likeness (QED) is 0.613. The van der Waals surface area contributed by atoms with E-state index >= 15 is 0 Å². The number of H-pyrrole nitrogens is 1. The number of aryl methyl sites for hydroxylation is 1. The Labute approximate surface area is 67.5 Å². The van der Waals surface area contributed by atoms with Crippen LogP contribution in [0.3, 0.4) is 0 Å². The van der Waals surface area contributed by atoms with E-state index in [1.165, 1.54) is 4.09 Å². The maximum atomic E-state index is 5.63. The molecule has 1 aromatic rings. The van der Waals surface area contributed by atoms with Crippen LogP contribution in [0.1, 0.15) is 5.69 Å². The lowest BCUT2D eigenvalue weighted by molar-refractivity contribution is 1.17. The summed E-state index contributed by atoms with van der Waals surface area (Å²) in [4.78, 5) is 2.79. The van der Waals surface area contributed by atoms with E-state index in [9.17, 15) is 0 Å². The number of hydrogen-bond donors (Lipinski definition) is 1. The molecule has 5 heteroatoms. The molecule has 9 heavy (non-hydrogen) atoms. The zero-order valence-electron chi connectivity index (χ0n) is 4.61. The minimum Gasteiger partial charge on any atom is -0.332 e. The van der Waals surface area contributed by atoms with Gasteiger partial charge in [0.05, 0.1) is 5.69 Å². The minimum atomic E-state index is 0.430. The van der Waals surface area contributed by atoms with Crippen molar-refractivity contribution in [2.45, 2.75) is 6.92 Å². The van der Waals surface area contributed by atoms with Gasteiger partial charge in [0.1, 0.15) is 5.15 Å². The highest BCUT2D eigenvalue weighted by Gasteiger charge is 2.01. The number of nitrogens with one attached hydrogen (secondary N) is 1. The Morgan fingerprint density at radius 1 is 1.67 bits per heavy atom. The third-order valence-corrected chi connectivity index (χ3v) is 2.22. The molecule has 0 atom stereocenters. The summed E-state index contributed by atoms with van der Waals surface area (Å²) in [5.41, 5.74) is 0.789. The van der Waals surface area contributed by atoms with Crippen LogP contribution in [0.15, 0.2) is 0 Å². The van der Waals surface area contributed by atoms with Crippen LogP contribution >= 0.6 is 35.6 Å². The number of halogens is 2. The van der Waals surface area contributed by atoms with E-state index in [1.807, 2.05) is 0 Å². The fraction of sp³-hybridized carbons (Fsp3) is 0.250. The van der Waals surface area contributed by atoms with E-state index < -0.39 is 0 Å². The minimum absolute atomic E-state index is 0.430. The second-order valence-corrected chi connectivity index (χ2v) is 2.71. The molecule has 1 N–H and O–H groups in total. The van der Waals surface area contributed by atoms with Gasteiger partial charge in [0.15, 0.2) is 4.77 Å². The summed E-state index contributed by atoms with van der Waals surface area (Å²) in [6.45, 7) is 1.80. The Bertz CT molecular complexity index is 275. The predicted octanol–water partition coefficient (Wildman–Crippen LogP) is 2.51. The SMILES string of the molecule is Cc1[nH]c(=S)n(Cl)c1Cl. The summed E-state index contributed by atoms with van der Waals surface area (Å²) < 4.78 is 1.63. The fourth-order valence-corrected chi connectivity index (χ4v) is 1.09. The van der Waals surface area contributed by atoms with Crippen molar-refractivity contribution in [1.82, 2.24) is 9.07 Å². The molecule has 1 heterocycles. The molecule has 2 nitrogen and oxygen atoms in total. The van der Waals surface area contributed by atoms with E-state index in [0.717, 1.165) is 5.69 Å². The molecule has 1 aromatic heterocycles. The molecular formula is C4H4Cl2N2S. The number of nitrogens with zero attached hydrogens (tertiary/aromatic N) is 1. The van der Waals surface area contributed by atoms with Crippen LogP contribution in [-0.4, -0.2) is 9.07 Å². The largest absolute Gasteiger partial charge is 0.332 e. The van der Waals surface area contributed by atoms with Crippen molar-refractivity contribution in [3.63, 3.8) is 0 Å². The van der Waals surface area contributed by atoms with E-state index in [0.29, 0.717) is 9.92 Å². The Kier molecular flexibility index (Phi) is 1.84. The van der Waals surface area contributed by atoms with Crippen molar-refractivity contribution in [1.29, 1.82) is 0 Å². The van der Waals surface area contributed by atoms with Crippen LogP contribution in [0, 0.1) is 11.7 Å². The molecule has 0 saturated heterocycles. The van der Waals surface area contributed by atoms with Gasteiger partial charge in [-0.1, -0.05) is 11.6 Å². The smallest absolute Gasteiger partial charge is 0.193 e. The summed E-state index contributed by atoms with van der Waals surface area (Å²) in [6.07, 6.45) is 0. The zero-order valence-corrected chi connectivity index (χ0v) is 6.94. The maximum absolute atomic E-state index is 5.63. The van der Waals surface area contributed by atoms with Crippen molar-refractivity contribution in [3.8, 4) is 0 Å². The maximum Gasteiger partial charge on any atom is 0.193 e. The molecule has 0 aliphatic carbocycles. The van der Waals surface area contributed by atoms with Gasteiger partial charge in [-0.15, -0.1) is 0 Å². The number of aromatic amines is 1. The average molecular weight is 183 g/mol. The highest BCUT2D eigenvalue weighted by atomic mass is 35.5. The van der Waals surface area contributed by atoms with E-state index in [-0.39, 0.29) is 0 Å². The molecule has 0 bridgehead atoms. The Morgan fingerprint density at radius 3 is 2.33 bits per heavy atom. The van der Waals surface area contributed by atoms with Crippen molar-refractivity contribution in [2.24, 2.45) is 0 Å². The van der Waals surface area contributed by atoms with Gasteiger partial charge in [0.25, 0.3) is 0 Å². The molecule has 0 radical (unpaired) electrons. The van der Waals surface area contributed by atoms with E-state index in [4.69, 9.17) is 35.6 Å². The van der Waals surface area contributed by atoms with Crippen LogP contribution in [0.25, 0.3) is 0 Å². The predicted molar refractivity (Wildman–Crippen MR) is 40.6 cm³/mol. The lowest BCUT2D eigenvalue weighted by atomic mass is 10.6. The van der Waals surface area contributed by atoms with Gasteiger partial charge >= 0.3 is 0 Å². The van der Waals surface area contributed by atoms with Crippen molar-refractivity contribution in [3.05, 3.63) is 15.6 Å². The molecule has 0 aliphatic rings. The second kappa shape index (κ2) is 2.33. The molecule has 0 fully saturated rings. The first-order valence-electron chi connectivity index (χ1n) is 2.26. The lowest BCUT2D eigenvalue weighted by Crippen LogP contribution is -1.75. The summed E-state index contributed by atoms with van der Waals surface area (Å²) in [6, 6.07) is 0. The molecule has 0 saturated carbocycles. The number of rotatable bonds is 0. The number of hydrogen-bond acceptors (Lipinski definition) is 1. The van der Waals surface area contributed by atoms with Gasteiger partial charge in [-0.3, -0.25) is 0 Å². The highest BCUT2D eigenvalue weighted by Crippen LogP contribution is 2.15. The van der Waals surface area contributed by atoms with Gasteiger partial charge in [0, 0.05) is 11.8 Å². The standard InChI is InChI=1S/C4H4Cl2N2S/c1-2-3(5)8(6)4(9)7-2/h1H3,(H,7,9). The van der Waals surface area contributed by atoms with Crippen LogP contribution in [0.2, 0.25) is 5.15 Å². The highest BCUT2D eigenvalue weighted by molar-refractivity contribution is 7.71. The van der Waals surface area contributed by atoms with Gasteiger partial charge in [0.2, 0.25) is 0 Å². The summed E-state index contributed by atoms with van der Waals surface area (Å²) in [5.74, 6) is 0. The van der Waals surface area contributed by atoms with Crippen LogP contribution in [0.5, 0.6) is 0 Å². The first-order chi connectivity index (χ1) is 4.13. The molecule has 0 amide bonds. The first-order valence-corrected chi connectivity index (χ1v) is 3.38. The van der Waals surface area contributed by atoms with Crippen molar-refractivity contribution in [2.75, 3.05) is 0 Å². The van der Waals surface area contributed by atoms with Gasteiger partial charge in [-0.2, -0.15) is 0 Å². The van der Waals surface area contributed by atoms with Gasteiger partial charge < -0.3 is 4.98 Å². The zero-order chi connectivity index (χ0) is 7.02. The third kappa shape index (κ3) is 1.13. The Morgan fingerprint density at radius 2 is 2.22 bits per heavy atom. The topological polar surface area (TPSA) is 20.7 Å². The van der Waals surface area contributed by atoms with E-state index in [2.05, 4.69) is 4.98 Å². The van der Waals surface area contributed by atoms with E-state index in [1.54, 1.807) is 6.92 Å². The van der Waals surface area contributed by atoms with Crippen molar-refractivity contribution < 1.29 is 0 Å². The monoisotopic (exact) mass is 182 g/mol. The van der Waals surface area contributed by atoms with Crippen LogP contribution in [0.4, 0.5) is 0 Å². The average Bonchev–Trinajstić information content (AvgIpc) is 1.98. The normalized spacial score (nSPS) is 10.1. The Balaban J connectivity index is 3.47. The van der Waals surface area contributed by atoms with Gasteiger partial charge in [-0.05, 0) is 19.1 Å². The molecule has 1 rings (SSSR count). The molecule has 0 unspecified atom stereocenters. The molecular weight excluding hydrogens is 179 g/mol. The third-order valence-electron chi connectivity index (χ3n) is 0.955. The molecule has 0 aromatic carbocycles. The number of imidazole rings is 1. The Hall–Kier alpha value is 0.01000. The van der Waals surface area contributed by atoms with Gasteiger partial charge in [-0.25, -0.2) is 4.09 Å².